The van der Waals surface area contributed by atoms with Gasteiger partial charge in [0.1, 0.15) is 0 Å². The van der Waals surface area contributed by atoms with Gasteiger partial charge in [0.05, 0.1) is 12.2 Å². The summed E-state index contributed by atoms with van der Waals surface area (Å²) in [5, 5.41) is 3.14. The standard InChI is InChI=1S/C13H15NO2/c1-9-5-10(2)7-12(6-9)14-8-11-3-4-16-13(11)15/h5-8,14H,3-4H2,1-2H3. The molecule has 1 aromatic carbocycles. The zero-order valence-corrected chi connectivity index (χ0v) is 9.54. The van der Waals surface area contributed by atoms with Crippen LogP contribution < -0.4 is 5.32 Å². The number of carbonyl (C=O) groups is 1. The second-order valence-corrected chi connectivity index (χ2v) is 4.08. The molecule has 1 aliphatic heterocycles. The molecular formula is C13H15NO2. The van der Waals surface area contributed by atoms with Crippen LogP contribution in [-0.4, -0.2) is 12.6 Å². The van der Waals surface area contributed by atoms with E-state index in [1.807, 2.05) is 12.1 Å². The molecule has 0 aliphatic carbocycles. The summed E-state index contributed by atoms with van der Waals surface area (Å²) < 4.78 is 4.85. The van der Waals surface area contributed by atoms with E-state index in [-0.39, 0.29) is 5.97 Å². The Morgan fingerprint density at radius 2 is 1.94 bits per heavy atom. The highest BCUT2D eigenvalue weighted by Gasteiger charge is 2.17. The summed E-state index contributed by atoms with van der Waals surface area (Å²) in [6.07, 6.45) is 2.43. The van der Waals surface area contributed by atoms with Crippen molar-refractivity contribution in [2.75, 3.05) is 11.9 Å². The van der Waals surface area contributed by atoms with Crippen LogP contribution in [-0.2, 0) is 9.53 Å². The summed E-state index contributed by atoms with van der Waals surface area (Å²) in [6.45, 7) is 4.60. The number of cyclic esters (lactones) is 1. The zero-order chi connectivity index (χ0) is 11.5. The lowest BCUT2D eigenvalue weighted by Crippen LogP contribution is -1.98. The van der Waals surface area contributed by atoms with Crippen LogP contribution in [0.15, 0.2) is 30.0 Å². The van der Waals surface area contributed by atoms with Gasteiger partial charge in [0.15, 0.2) is 0 Å². The van der Waals surface area contributed by atoms with Gasteiger partial charge < -0.3 is 10.1 Å². The largest absolute Gasteiger partial charge is 0.462 e. The molecule has 3 heteroatoms. The average Bonchev–Trinajstić information content (AvgIpc) is 2.59. The van der Waals surface area contributed by atoms with E-state index in [1.165, 1.54) is 11.1 Å². The highest BCUT2D eigenvalue weighted by Crippen LogP contribution is 2.16. The zero-order valence-electron chi connectivity index (χ0n) is 9.54. The number of esters is 1. The van der Waals surface area contributed by atoms with Crippen LogP contribution in [0, 0.1) is 13.8 Å². The van der Waals surface area contributed by atoms with Gasteiger partial charge in [-0.3, -0.25) is 0 Å². The fraction of sp³-hybridized carbons (Fsp3) is 0.308. The minimum atomic E-state index is -0.211. The molecule has 0 atom stereocenters. The van der Waals surface area contributed by atoms with E-state index in [0.717, 1.165) is 5.69 Å². The number of aryl methyl sites for hydroxylation is 2. The van der Waals surface area contributed by atoms with Gasteiger partial charge in [-0.05, 0) is 37.1 Å². The maximum atomic E-state index is 11.2. The van der Waals surface area contributed by atoms with Gasteiger partial charge in [0.25, 0.3) is 0 Å². The summed E-state index contributed by atoms with van der Waals surface area (Å²) in [5.41, 5.74) is 4.12. The Labute approximate surface area is 95.1 Å². The van der Waals surface area contributed by atoms with Gasteiger partial charge >= 0.3 is 5.97 Å². The van der Waals surface area contributed by atoms with Crippen molar-refractivity contribution < 1.29 is 9.53 Å². The smallest absolute Gasteiger partial charge is 0.335 e. The summed E-state index contributed by atoms with van der Waals surface area (Å²) in [7, 11) is 0. The lowest BCUT2D eigenvalue weighted by atomic mass is 10.1. The van der Waals surface area contributed by atoms with Crippen LogP contribution in [0.2, 0.25) is 0 Å². The van der Waals surface area contributed by atoms with Crippen molar-refractivity contribution in [2.45, 2.75) is 20.3 Å². The van der Waals surface area contributed by atoms with Gasteiger partial charge in [-0.15, -0.1) is 0 Å². The monoisotopic (exact) mass is 217 g/mol. The summed E-state index contributed by atoms with van der Waals surface area (Å²) in [6, 6.07) is 6.21. The Morgan fingerprint density at radius 1 is 1.25 bits per heavy atom. The molecule has 3 nitrogen and oxygen atoms in total. The molecule has 0 saturated carbocycles. The van der Waals surface area contributed by atoms with Crippen molar-refractivity contribution in [1.82, 2.24) is 0 Å². The van der Waals surface area contributed by atoms with Gasteiger partial charge in [-0.1, -0.05) is 6.07 Å². The molecule has 1 N–H and O–H groups in total. The van der Waals surface area contributed by atoms with Gasteiger partial charge in [0, 0.05) is 18.3 Å². The van der Waals surface area contributed by atoms with E-state index in [1.54, 1.807) is 6.20 Å². The van der Waals surface area contributed by atoms with E-state index in [9.17, 15) is 4.79 Å². The van der Waals surface area contributed by atoms with Crippen LogP contribution in [0.3, 0.4) is 0 Å². The third kappa shape index (κ3) is 2.42. The Hall–Kier alpha value is -1.77. The first-order valence-corrected chi connectivity index (χ1v) is 5.36. The summed E-state index contributed by atoms with van der Waals surface area (Å²) in [4.78, 5) is 11.2. The Bertz CT molecular complexity index is 429. The molecule has 1 aliphatic rings. The fourth-order valence-corrected chi connectivity index (χ4v) is 1.81. The lowest BCUT2D eigenvalue weighted by molar-refractivity contribution is -0.135. The predicted octanol–water partition coefficient (Wildman–Crippen LogP) is 2.55. The second kappa shape index (κ2) is 4.39. The first-order valence-electron chi connectivity index (χ1n) is 5.36. The Kier molecular flexibility index (Phi) is 2.95. The third-order valence-corrected chi connectivity index (χ3v) is 2.50. The topological polar surface area (TPSA) is 38.3 Å². The SMILES string of the molecule is Cc1cc(C)cc(NC=C2CCOC2=O)c1. The van der Waals surface area contributed by atoms with E-state index in [0.29, 0.717) is 18.6 Å². The summed E-state index contributed by atoms with van der Waals surface area (Å²) >= 11 is 0. The molecular weight excluding hydrogens is 202 g/mol. The molecule has 2 rings (SSSR count). The maximum absolute atomic E-state index is 11.2. The summed E-state index contributed by atoms with van der Waals surface area (Å²) in [5.74, 6) is -0.211. The first-order chi connectivity index (χ1) is 7.65. The number of hydrogen-bond acceptors (Lipinski definition) is 3. The number of benzene rings is 1. The number of anilines is 1. The highest BCUT2D eigenvalue weighted by atomic mass is 16.5. The molecule has 84 valence electrons. The molecule has 1 saturated heterocycles. The first kappa shape index (κ1) is 10.7. The lowest BCUT2D eigenvalue weighted by Gasteiger charge is -2.04. The predicted molar refractivity (Wildman–Crippen MR) is 63.2 cm³/mol. The fourth-order valence-electron chi connectivity index (χ4n) is 1.81. The van der Waals surface area contributed by atoms with Crippen molar-refractivity contribution >= 4 is 11.7 Å². The molecule has 1 aromatic rings. The van der Waals surface area contributed by atoms with Crippen LogP contribution in [0.1, 0.15) is 17.5 Å². The van der Waals surface area contributed by atoms with Gasteiger partial charge in [-0.2, -0.15) is 0 Å². The Morgan fingerprint density at radius 3 is 2.50 bits per heavy atom. The third-order valence-electron chi connectivity index (χ3n) is 2.50. The van der Waals surface area contributed by atoms with Crippen LogP contribution in [0.5, 0.6) is 0 Å². The number of hydrogen-bond donors (Lipinski definition) is 1. The maximum Gasteiger partial charge on any atom is 0.335 e. The molecule has 0 unspecified atom stereocenters. The second-order valence-electron chi connectivity index (χ2n) is 4.08. The van der Waals surface area contributed by atoms with Crippen molar-refractivity contribution in [3.63, 3.8) is 0 Å². The highest BCUT2D eigenvalue weighted by molar-refractivity contribution is 5.90. The number of carbonyl (C=O) groups excluding carboxylic acids is 1. The van der Waals surface area contributed by atoms with Crippen LogP contribution in [0.4, 0.5) is 5.69 Å². The van der Waals surface area contributed by atoms with Crippen molar-refractivity contribution in [2.24, 2.45) is 0 Å². The molecule has 0 bridgehead atoms. The van der Waals surface area contributed by atoms with Crippen molar-refractivity contribution in [1.29, 1.82) is 0 Å². The van der Waals surface area contributed by atoms with Crippen molar-refractivity contribution in [3.8, 4) is 0 Å². The molecule has 1 fully saturated rings. The normalized spacial score (nSPS) is 17.6. The average molecular weight is 217 g/mol. The Balaban J connectivity index is 2.12. The van der Waals surface area contributed by atoms with Crippen LogP contribution in [0.25, 0.3) is 0 Å². The van der Waals surface area contributed by atoms with Gasteiger partial charge in [0.2, 0.25) is 0 Å². The van der Waals surface area contributed by atoms with Crippen LogP contribution >= 0.6 is 0 Å². The molecule has 0 aromatic heterocycles. The number of ether oxygens (including phenoxy) is 1. The minimum Gasteiger partial charge on any atom is -0.462 e. The number of nitrogens with one attached hydrogen (secondary N) is 1. The van der Waals surface area contributed by atoms with Gasteiger partial charge in [-0.25, -0.2) is 4.79 Å². The molecule has 0 amide bonds. The van der Waals surface area contributed by atoms with E-state index in [4.69, 9.17) is 4.74 Å². The number of rotatable bonds is 2. The minimum absolute atomic E-state index is 0.211. The van der Waals surface area contributed by atoms with Crippen molar-refractivity contribution in [3.05, 3.63) is 41.1 Å². The molecule has 0 spiro atoms. The van der Waals surface area contributed by atoms with E-state index >= 15 is 0 Å². The quantitative estimate of drug-likeness (QED) is 0.611. The molecule has 1 heterocycles. The molecule has 16 heavy (non-hydrogen) atoms. The molecule has 0 radical (unpaired) electrons. The van der Waals surface area contributed by atoms with E-state index in [2.05, 4.69) is 25.2 Å². The van der Waals surface area contributed by atoms with E-state index < -0.39 is 0 Å².